The third kappa shape index (κ3) is 5.17. The van der Waals surface area contributed by atoms with Crippen LogP contribution in [0.2, 0.25) is 0 Å². The Hall–Kier alpha value is -2.18. The Bertz CT molecular complexity index is 925. The van der Waals surface area contributed by atoms with Crippen LogP contribution in [0.4, 0.5) is 0 Å². The van der Waals surface area contributed by atoms with E-state index in [-0.39, 0.29) is 5.91 Å². The topological polar surface area (TPSA) is 53.4 Å². The van der Waals surface area contributed by atoms with Gasteiger partial charge in [-0.25, -0.2) is 0 Å². The molecule has 1 aliphatic carbocycles. The summed E-state index contributed by atoms with van der Waals surface area (Å²) in [5.41, 5.74) is 4.33. The van der Waals surface area contributed by atoms with Gasteiger partial charge in [0.2, 0.25) is 0 Å². The molecule has 3 aliphatic rings. The number of aryl methyl sites for hydroxylation is 1. The molecule has 0 bridgehead atoms. The average Bonchev–Trinajstić information content (AvgIpc) is 3.21. The first-order valence-corrected chi connectivity index (χ1v) is 13.0. The summed E-state index contributed by atoms with van der Waals surface area (Å²) in [5, 5.41) is 7.76. The largest absolute Gasteiger partial charge is 0.350 e. The Morgan fingerprint density at radius 3 is 2.45 bits per heavy atom. The van der Waals surface area contributed by atoms with Gasteiger partial charge in [0.05, 0.1) is 0 Å². The first-order chi connectivity index (χ1) is 16.2. The number of hydrogen-bond acceptors (Lipinski definition) is 4. The van der Waals surface area contributed by atoms with E-state index in [9.17, 15) is 4.79 Å². The lowest BCUT2D eigenvalue weighted by Gasteiger charge is -2.43. The summed E-state index contributed by atoms with van der Waals surface area (Å²) in [7, 11) is 1.99. The number of piperidine rings is 2. The summed E-state index contributed by atoms with van der Waals surface area (Å²) >= 11 is 0. The molecular weight excluding hydrogens is 410 g/mol. The van der Waals surface area contributed by atoms with Crippen molar-refractivity contribution in [3.63, 3.8) is 0 Å². The van der Waals surface area contributed by atoms with Crippen LogP contribution in [0.1, 0.15) is 65.8 Å². The Morgan fingerprint density at radius 2 is 1.70 bits per heavy atom. The fraction of sp³-hybridized carbons (Fsp3) is 0.630. The fourth-order valence-corrected chi connectivity index (χ4v) is 6.21. The van der Waals surface area contributed by atoms with E-state index in [1.807, 2.05) is 29.9 Å². The van der Waals surface area contributed by atoms with E-state index >= 15 is 0 Å². The molecule has 0 radical (unpaired) electrons. The highest BCUT2D eigenvalue weighted by molar-refractivity contribution is 5.94. The number of carbonyl (C=O) groups is 1. The van der Waals surface area contributed by atoms with E-state index in [0.717, 1.165) is 25.3 Å². The van der Waals surface area contributed by atoms with Gasteiger partial charge in [0.15, 0.2) is 5.69 Å². The van der Waals surface area contributed by atoms with Crippen molar-refractivity contribution in [2.45, 2.75) is 69.9 Å². The van der Waals surface area contributed by atoms with E-state index in [1.54, 1.807) is 0 Å². The minimum atomic E-state index is -0.0211. The number of nitrogens with zero attached hydrogens (tertiary/aromatic N) is 4. The van der Waals surface area contributed by atoms with Crippen molar-refractivity contribution in [2.75, 3.05) is 32.7 Å². The molecule has 33 heavy (non-hydrogen) atoms. The lowest BCUT2D eigenvalue weighted by molar-refractivity contribution is 0.0680. The third-order valence-corrected chi connectivity index (χ3v) is 8.11. The number of likely N-dealkylation sites (tertiary alicyclic amines) is 2. The van der Waals surface area contributed by atoms with Crippen molar-refractivity contribution in [1.82, 2.24) is 24.9 Å². The maximum atomic E-state index is 13.0. The first kappa shape index (κ1) is 22.6. The molecule has 6 heteroatoms. The summed E-state index contributed by atoms with van der Waals surface area (Å²) < 4.78 is 1.94. The summed E-state index contributed by atoms with van der Waals surface area (Å²) in [6, 6.07) is 11.6. The molecule has 1 aromatic heterocycles. The lowest BCUT2D eigenvalue weighted by Crippen LogP contribution is -2.50. The zero-order valence-electron chi connectivity index (χ0n) is 20.1. The number of nitrogens with one attached hydrogen (secondary N) is 1. The zero-order chi connectivity index (χ0) is 22.6. The van der Waals surface area contributed by atoms with E-state index in [0.29, 0.717) is 18.3 Å². The highest BCUT2D eigenvalue weighted by atomic mass is 16.1. The second-order valence-corrected chi connectivity index (χ2v) is 10.1. The normalized spacial score (nSPS) is 22.8. The van der Waals surface area contributed by atoms with Crippen LogP contribution in [0, 0.1) is 0 Å². The van der Waals surface area contributed by atoms with Gasteiger partial charge in [0.1, 0.15) is 0 Å². The maximum Gasteiger partial charge on any atom is 0.272 e. The number of carbonyl (C=O) groups excluding carboxylic acids is 1. The van der Waals surface area contributed by atoms with E-state index in [4.69, 9.17) is 0 Å². The summed E-state index contributed by atoms with van der Waals surface area (Å²) in [6.07, 6.45) is 10.8. The van der Waals surface area contributed by atoms with Crippen LogP contribution in [0.25, 0.3) is 0 Å². The van der Waals surface area contributed by atoms with Crippen molar-refractivity contribution in [1.29, 1.82) is 0 Å². The average molecular weight is 450 g/mol. The van der Waals surface area contributed by atoms with Gasteiger partial charge in [0, 0.05) is 36.9 Å². The van der Waals surface area contributed by atoms with Crippen molar-refractivity contribution >= 4 is 5.91 Å². The number of benzene rings is 1. The Morgan fingerprint density at radius 1 is 0.970 bits per heavy atom. The lowest BCUT2D eigenvalue weighted by atomic mass is 9.88. The van der Waals surface area contributed by atoms with Gasteiger partial charge in [-0.2, -0.15) is 5.10 Å². The molecule has 1 unspecified atom stereocenters. The molecule has 0 spiro atoms. The van der Waals surface area contributed by atoms with Gasteiger partial charge in [-0.1, -0.05) is 36.8 Å². The maximum absolute atomic E-state index is 13.0. The smallest absolute Gasteiger partial charge is 0.272 e. The molecule has 0 saturated carbocycles. The number of rotatable bonds is 6. The third-order valence-electron chi connectivity index (χ3n) is 8.11. The summed E-state index contributed by atoms with van der Waals surface area (Å²) in [6.45, 7) is 5.63. The van der Waals surface area contributed by atoms with Gasteiger partial charge in [0.25, 0.3) is 5.91 Å². The molecule has 2 saturated heterocycles. The molecule has 1 amide bonds. The zero-order valence-corrected chi connectivity index (χ0v) is 20.1. The van der Waals surface area contributed by atoms with Crippen molar-refractivity contribution in [2.24, 2.45) is 7.05 Å². The van der Waals surface area contributed by atoms with Crippen LogP contribution in [0.15, 0.2) is 30.3 Å². The Kier molecular flexibility index (Phi) is 7.12. The molecule has 5 rings (SSSR count). The highest BCUT2D eigenvalue weighted by Gasteiger charge is 2.34. The second kappa shape index (κ2) is 10.4. The van der Waals surface area contributed by atoms with Gasteiger partial charge in [-0.05, 0) is 83.1 Å². The van der Waals surface area contributed by atoms with E-state index < -0.39 is 0 Å². The van der Waals surface area contributed by atoms with Crippen molar-refractivity contribution in [3.8, 4) is 0 Å². The number of aromatic nitrogens is 2. The van der Waals surface area contributed by atoms with Crippen LogP contribution in [-0.2, 0) is 26.3 Å². The van der Waals surface area contributed by atoms with Gasteiger partial charge < -0.3 is 10.2 Å². The molecular formula is C27H39N5O. The van der Waals surface area contributed by atoms with Crippen molar-refractivity contribution < 1.29 is 4.79 Å². The van der Waals surface area contributed by atoms with Crippen LogP contribution >= 0.6 is 0 Å². The molecule has 2 aliphatic heterocycles. The van der Waals surface area contributed by atoms with E-state index in [1.165, 1.54) is 81.5 Å². The molecule has 2 aromatic rings. The van der Waals surface area contributed by atoms with Crippen LogP contribution in [0.3, 0.4) is 0 Å². The van der Waals surface area contributed by atoms with Crippen molar-refractivity contribution in [3.05, 3.63) is 52.8 Å². The molecule has 1 N–H and O–H groups in total. The Balaban J connectivity index is 1.18. The Labute approximate surface area is 198 Å². The molecule has 2 fully saturated rings. The SMILES string of the molecule is Cn1nc(C(=O)NCCc2ccccc2)c2c1CCC(N1CCC(N3CCCCC3)CC1)C2. The summed E-state index contributed by atoms with van der Waals surface area (Å²) in [5.74, 6) is -0.0211. The van der Waals surface area contributed by atoms with Crippen LogP contribution in [0.5, 0.6) is 0 Å². The predicted molar refractivity (Wildman–Crippen MR) is 132 cm³/mol. The summed E-state index contributed by atoms with van der Waals surface area (Å²) in [4.78, 5) is 18.5. The van der Waals surface area contributed by atoms with Gasteiger partial charge in [-0.15, -0.1) is 0 Å². The molecule has 3 heterocycles. The molecule has 1 aromatic carbocycles. The number of amides is 1. The van der Waals surface area contributed by atoms with Crippen LogP contribution < -0.4 is 5.32 Å². The molecule has 6 nitrogen and oxygen atoms in total. The standard InChI is InChI=1S/C27H39N5O/c1-30-25-11-10-23(32-18-13-22(14-19-32)31-16-6-3-7-17-31)20-24(25)26(29-30)27(33)28-15-12-21-8-4-2-5-9-21/h2,4-5,8-9,22-23H,3,6-7,10-20H2,1H3,(H,28,33). The van der Waals surface area contributed by atoms with Gasteiger partial charge in [-0.3, -0.25) is 14.4 Å². The van der Waals surface area contributed by atoms with Crippen LogP contribution in [-0.4, -0.2) is 70.3 Å². The quantitative estimate of drug-likeness (QED) is 0.736. The minimum absolute atomic E-state index is 0.0211. The minimum Gasteiger partial charge on any atom is -0.350 e. The number of hydrogen-bond donors (Lipinski definition) is 1. The predicted octanol–water partition coefficient (Wildman–Crippen LogP) is 3.20. The van der Waals surface area contributed by atoms with Gasteiger partial charge >= 0.3 is 0 Å². The first-order valence-electron chi connectivity index (χ1n) is 13.0. The fourth-order valence-electron chi connectivity index (χ4n) is 6.21. The highest BCUT2D eigenvalue weighted by Crippen LogP contribution is 2.30. The van der Waals surface area contributed by atoms with E-state index in [2.05, 4.69) is 32.3 Å². The molecule has 178 valence electrons. The molecule has 1 atom stereocenters. The number of fused-ring (bicyclic) bond motifs is 1. The monoisotopic (exact) mass is 449 g/mol. The second-order valence-electron chi connectivity index (χ2n) is 10.1.